The minimum Gasteiger partial charge on any atom is -0.0623 e. The minimum atomic E-state index is -0.178. The van der Waals surface area contributed by atoms with Gasteiger partial charge in [0.05, 0.1) is 0 Å². The molecule has 0 spiro atoms. The fourth-order valence-electron chi connectivity index (χ4n) is 0.800. The molecule has 0 radical (unpaired) electrons. The Hall–Kier alpha value is 64.0. The van der Waals surface area contributed by atoms with Gasteiger partial charge < -0.3 is 0 Å². The number of rotatable bonds is 0. The molecule has 0 saturated carbocycles. The van der Waals surface area contributed by atoms with Crippen molar-refractivity contribution in [2.45, 2.75) is 27.7 Å². The molecule has 2 aromatic rings. The van der Waals surface area contributed by atoms with Crippen LogP contribution in [0.2, 0.25) is 0 Å². The monoisotopic (exact) mass is 17700 g/mol. The molecule has 0 bridgehead atoms. The van der Waals surface area contributed by atoms with Crippen LogP contribution < -0.4 is 13.3 Å². The first-order valence-corrected chi connectivity index (χ1v) is 88.8. The van der Waals surface area contributed by atoms with Gasteiger partial charge in [-0.15, -0.1) is 24.0 Å². The average Bonchev–Trinajstić information content (AvgIpc) is 3.13. The Kier molecular flexibility index (Phi) is 5490. The zero-order valence-corrected chi connectivity index (χ0v) is 331. The molecular formula is C20H29F4I6W90-5. The Morgan fingerprint density at radius 2 is 0.250 bits per heavy atom. The molecule has 0 fully saturated rings. The third kappa shape index (κ3) is 980. The third-order valence-corrected chi connectivity index (χ3v) is 1.40. The molecule has 0 nitrogen and oxygen atoms in total. The zero-order chi connectivity index (χ0) is 37.5. The van der Waals surface area contributed by atoms with E-state index in [9.17, 15) is 13.2 Å². The average molecular weight is 17700 g/mol. The van der Waals surface area contributed by atoms with Crippen molar-refractivity contribution in [1.29, 1.82) is 0 Å². The van der Waals surface area contributed by atoms with Crippen LogP contribution in [-0.2, 0) is 1840 Å². The first-order valence-electron chi connectivity index (χ1n) is 8.62. The van der Waals surface area contributed by atoms with E-state index < -0.39 is 0 Å². The predicted octanol–water partition coefficient (Wildman–Crippen LogP) is 6.88. The second-order valence-corrected chi connectivity index (χ2v) is 20.0. The van der Waals surface area contributed by atoms with Crippen LogP contribution in [-0.4, -0.2) is 19.1 Å². The van der Waals surface area contributed by atoms with E-state index in [1.807, 2.05) is 64.1 Å². The van der Waals surface area contributed by atoms with Crippen LogP contribution in [0.15, 0.2) is 66.7 Å². The molecule has 120 heavy (non-hydrogen) atoms. The van der Waals surface area contributed by atoms with Crippen molar-refractivity contribution in [2.24, 2.45) is 0 Å². The summed E-state index contributed by atoms with van der Waals surface area (Å²) in [6.45, 7) is 8.00. The second kappa shape index (κ2) is 924. The Morgan fingerprint density at radius 3 is 0.275 bits per heavy atom. The maximum atomic E-state index is 11.9. The normalized spacial score (nSPS) is 1.69. The van der Waals surface area contributed by atoms with Gasteiger partial charge in [-0.3, -0.25) is 4.70 Å². The SMILES string of the molecule is CC.CC.F.F[C-]=[W].F[C-]=[W].Fc1ccccc1.I.II.I[I-]I.[2HH].[CH-]=[W].[CH-]=[W].[W].[W].[W].[W].[W].[W].[W].[W].[W].[W].[W].[W].[W].[W].[W].[W].[W].[W].[W].[W].[W].[W].[W].[W].[W].[W].[W].[W].[W].[W].[W].[W].[W].[W].[W].[W].[W].[W].[W].[W].[W].[W].[W].[W].[W].[W].[W].[W].[W].[W].[W].[W].[W].[W].[W].[W].[W].[W].[W].[W].[W].[W].[W].[W].[W].[W].[W].[W].[W].[W].[W].[W].[W].[W].[W].[W].[W]=[W].[W]=[W].[W]=[W].[W]=[W].[W]=[W].c1ccccc1. The molecule has 0 heterocycles. The summed E-state index contributed by atoms with van der Waals surface area (Å²) in [6, 6.07) is 19.9. The molecule has 0 aliphatic heterocycles. The van der Waals surface area contributed by atoms with Crippen molar-refractivity contribution < 1.29 is 1870 Å². The molecule has 0 atom stereocenters. The smallest absolute Gasteiger partial charge is 0.0623 e. The summed E-state index contributed by atoms with van der Waals surface area (Å²) in [5.74, 6) is -0.178. The third-order valence-electron chi connectivity index (χ3n) is 1.40. The quantitative estimate of drug-likeness (QED) is 0.154. The van der Waals surface area contributed by atoms with Gasteiger partial charge >= 0.3 is 318 Å². The second-order valence-electron chi connectivity index (χ2n) is 2.66. The van der Waals surface area contributed by atoms with Crippen molar-refractivity contribution in [3.63, 3.8) is 0 Å². The van der Waals surface area contributed by atoms with Crippen LogP contribution in [0.4, 0.5) is 17.9 Å². The molecule has 0 aliphatic carbocycles. The molecular weight excluding hydrogens is 17600 g/mol. The summed E-state index contributed by atoms with van der Waals surface area (Å²) < 4.78 is 34.7. The van der Waals surface area contributed by atoms with Gasteiger partial charge in [0, 0.05) is 1640 Å². The molecule has 2 rings (SSSR count). The molecule has 0 amide bonds. The van der Waals surface area contributed by atoms with E-state index in [-0.39, 0.29) is 1640 Å². The van der Waals surface area contributed by atoms with Crippen molar-refractivity contribution in [2.75, 3.05) is 0 Å². The molecule has 100 heteroatoms. The van der Waals surface area contributed by atoms with Crippen molar-refractivity contribution in [3.8, 4) is 0 Å². The van der Waals surface area contributed by atoms with Gasteiger partial charge in [0.1, 0.15) is 5.82 Å². The first-order chi connectivity index (χ1) is 20.6. The Morgan fingerprint density at radius 1 is 0.217 bits per heavy atom. The molecule has 0 N–H and O–H groups in total. The van der Waals surface area contributed by atoms with Gasteiger partial charge in [-0.2, -0.15) is 0 Å². The maximum absolute atomic E-state index is 11.9. The van der Waals surface area contributed by atoms with E-state index >= 15 is 0 Å². The summed E-state index contributed by atoms with van der Waals surface area (Å²) in [7, 11) is 0. The van der Waals surface area contributed by atoms with Crippen molar-refractivity contribution in [3.05, 3.63) is 72.5 Å². The molecule has 2 aromatic carbocycles. The van der Waals surface area contributed by atoms with Crippen LogP contribution in [0.5, 0.6) is 0 Å². The van der Waals surface area contributed by atoms with Gasteiger partial charge in [0.25, 0.3) is 0 Å². The van der Waals surface area contributed by atoms with E-state index in [0.717, 1.165) is 77.4 Å². The van der Waals surface area contributed by atoms with Crippen molar-refractivity contribution >= 4 is 118 Å². The fraction of sp³-hybridized carbons (Fsp3) is 0.200. The van der Waals surface area contributed by atoms with Crippen molar-refractivity contribution in [1.82, 2.24) is 0 Å². The van der Waals surface area contributed by atoms with Gasteiger partial charge in [-0.1, -0.05) is 82.3 Å². The summed E-state index contributed by atoms with van der Waals surface area (Å²) >= 11 is 29.9. The molecule has 0 unspecified atom stereocenters. The van der Waals surface area contributed by atoms with Crippen LogP contribution in [0, 0.1) is 5.82 Å². The van der Waals surface area contributed by atoms with Crippen LogP contribution in [0.25, 0.3) is 0 Å². The molecule has 0 aliphatic rings. The number of hydrogen-bond donors (Lipinski definition) is 0. The van der Waals surface area contributed by atoms with Gasteiger partial charge in [0.2, 0.25) is 0 Å². The van der Waals surface area contributed by atoms with Gasteiger partial charge in [-0.05, 0) is 12.1 Å². The summed E-state index contributed by atoms with van der Waals surface area (Å²) in [5, 5.41) is 0. The Labute approximate surface area is 2030 Å². The predicted molar refractivity (Wildman–Crippen MR) is 176 cm³/mol. The summed E-state index contributed by atoms with van der Waals surface area (Å²) in [5.41, 5.74) is 0. The van der Waals surface area contributed by atoms with E-state index in [1.54, 1.807) is 180 Å². The number of benzene rings is 2. The number of hydrogen-bond acceptors (Lipinski definition) is 0. The van der Waals surface area contributed by atoms with E-state index in [1.165, 1.54) is 21.4 Å². The first kappa shape index (κ1) is 713. The minimum absolute atomic E-state index is 0. The maximum Gasteiger partial charge on any atom is -0.0623 e. The van der Waals surface area contributed by atoms with Gasteiger partial charge in [0.15, 0.2) is 0 Å². The van der Waals surface area contributed by atoms with E-state index in [4.69, 9.17) is 0 Å². The molecule has 0 saturated heterocycles. The summed E-state index contributed by atoms with van der Waals surface area (Å²) in [6.07, 6.45) is 0. The Bertz CT molecular complexity index is 575. The topological polar surface area (TPSA) is 0 Å². The largest absolute Gasteiger partial charge is 0.0623 e. The molecule has 0 aromatic heterocycles. The van der Waals surface area contributed by atoms with Gasteiger partial charge in [-0.25, -0.2) is 4.39 Å². The van der Waals surface area contributed by atoms with Crippen LogP contribution in [0.3, 0.4) is 0 Å². The van der Waals surface area contributed by atoms with E-state index in [2.05, 4.69) is 84.3 Å². The standard InChI is InChI=1S/C6H5F.C6H6.2C2H6.2CF.2CH.FH.I3.I2.HI.90W.H2/c7-6-4-2-1-3-5-6;1-2-4-6-5-3-1;4*1-2;;;;1-3-2;1-2;;;;;;;;;;;;;;;;;;;;;;;;;;;;;;;;;;;;;;;;;;;;;;;;;;;;;;;;;;;;;;;;;;;;;;;;;;;;;;;;;;;;;;;;;;;;/h1-5H;1-6H;2*1-2H3;;;3*1H;;;1H;;;;;;;;;;;;;;;;;;;;;;;;;;;;;;;;;;;;;;;;;;;;;;;;;;;;;;;;;;;;;;;;;;;;;;;;;;;;;;;;;;;;;;;;;;;1H/q;;;;4*-1;;-1;;;;;;;;;;;;;;;;;;;;;;;;;;;;;;;;;;;;;;;;;;;;;;;;;;;;;;;;;;;;;;;;;;;;;;;;;;;;;;;;;;;;;;;;;;;;;/i;;;;;;;;;;;;;;;;;;;;;;;;;;;;;;;;;;;;;;;;;;;;;;;;;;;;;;;;;;;;;;;;;;;;;;;;;;;;;;;;;;;;;;;;;;;;;;;;;;;;;;1+1. The van der Waals surface area contributed by atoms with Crippen LogP contribution in [0.1, 0.15) is 29.1 Å². The zero-order valence-electron chi connectivity index (χ0n) is 53.6. The van der Waals surface area contributed by atoms with E-state index in [0.29, 0.717) is 13.3 Å². The fourth-order valence-corrected chi connectivity index (χ4v) is 0.800. The van der Waals surface area contributed by atoms with Crippen LogP contribution >= 0.6 is 98.4 Å². The molecule has 724 valence electrons. The Balaban J connectivity index is -0.000000000801. The summed E-state index contributed by atoms with van der Waals surface area (Å²) in [4.78, 5) is 9.17. The number of halogens is 10.